The fourth-order valence-electron chi connectivity index (χ4n) is 2.52. The van der Waals surface area contributed by atoms with E-state index in [9.17, 15) is 4.39 Å². The topological polar surface area (TPSA) is 24.9 Å². The van der Waals surface area contributed by atoms with Crippen molar-refractivity contribution >= 4 is 16.6 Å². The molecule has 0 fully saturated rings. The number of rotatable bonds is 3. The van der Waals surface area contributed by atoms with Crippen LogP contribution in [0.1, 0.15) is 30.7 Å². The van der Waals surface area contributed by atoms with Crippen molar-refractivity contribution in [1.82, 2.24) is 4.98 Å². The van der Waals surface area contributed by atoms with E-state index in [-0.39, 0.29) is 5.82 Å². The molecule has 0 bridgehead atoms. The zero-order valence-electron chi connectivity index (χ0n) is 11.4. The standard InChI is InChI=1S/C15H19FN2/c1-5-12-10(4)18-13-8-11(16)7-9(3)14(13)15(12)17-6-2/h7-8H,5-6H2,1-4H3,(H,17,18). The van der Waals surface area contributed by atoms with Crippen LogP contribution < -0.4 is 5.32 Å². The van der Waals surface area contributed by atoms with Crippen molar-refractivity contribution in [3.63, 3.8) is 0 Å². The number of hydrogen-bond donors (Lipinski definition) is 1. The van der Waals surface area contributed by atoms with Gasteiger partial charge in [-0.15, -0.1) is 0 Å². The predicted octanol–water partition coefficient (Wildman–Crippen LogP) is 3.98. The summed E-state index contributed by atoms with van der Waals surface area (Å²) in [5, 5.41) is 4.45. The molecule has 0 atom stereocenters. The molecule has 0 spiro atoms. The average molecular weight is 246 g/mol. The second-order valence-corrected chi connectivity index (χ2v) is 4.55. The molecule has 18 heavy (non-hydrogen) atoms. The number of pyridine rings is 1. The van der Waals surface area contributed by atoms with E-state index < -0.39 is 0 Å². The molecule has 1 N–H and O–H groups in total. The third kappa shape index (κ3) is 2.05. The summed E-state index contributed by atoms with van der Waals surface area (Å²) in [6, 6.07) is 3.08. The third-order valence-electron chi connectivity index (χ3n) is 3.26. The highest BCUT2D eigenvalue weighted by Gasteiger charge is 2.13. The zero-order chi connectivity index (χ0) is 13.3. The van der Waals surface area contributed by atoms with E-state index >= 15 is 0 Å². The van der Waals surface area contributed by atoms with Crippen LogP contribution in [-0.4, -0.2) is 11.5 Å². The lowest BCUT2D eigenvalue weighted by Gasteiger charge is -2.17. The monoisotopic (exact) mass is 246 g/mol. The van der Waals surface area contributed by atoms with Crippen molar-refractivity contribution in [1.29, 1.82) is 0 Å². The predicted molar refractivity (Wildman–Crippen MR) is 74.7 cm³/mol. The van der Waals surface area contributed by atoms with Gasteiger partial charge in [0.2, 0.25) is 0 Å². The first-order valence-corrected chi connectivity index (χ1v) is 6.41. The lowest BCUT2D eigenvalue weighted by Crippen LogP contribution is -2.06. The number of nitrogens with zero attached hydrogens (tertiary/aromatic N) is 1. The molecule has 0 aliphatic rings. The van der Waals surface area contributed by atoms with Gasteiger partial charge in [-0.05, 0) is 44.4 Å². The van der Waals surface area contributed by atoms with Crippen LogP contribution in [0.25, 0.3) is 10.9 Å². The first-order valence-electron chi connectivity index (χ1n) is 6.41. The summed E-state index contributed by atoms with van der Waals surface area (Å²) in [4.78, 5) is 4.53. The van der Waals surface area contributed by atoms with Gasteiger partial charge in [-0.1, -0.05) is 6.92 Å². The molecule has 1 aromatic heterocycles. The van der Waals surface area contributed by atoms with Crippen molar-refractivity contribution in [2.24, 2.45) is 0 Å². The van der Waals surface area contributed by atoms with Gasteiger partial charge in [0.1, 0.15) is 5.82 Å². The summed E-state index contributed by atoms with van der Waals surface area (Å²) >= 11 is 0. The Balaban J connectivity index is 2.87. The molecule has 0 radical (unpaired) electrons. The molecule has 0 aliphatic heterocycles. The summed E-state index contributed by atoms with van der Waals surface area (Å²) in [5.41, 5.74) is 4.98. The maximum absolute atomic E-state index is 13.5. The molecule has 1 aromatic carbocycles. The minimum atomic E-state index is -0.224. The summed E-state index contributed by atoms with van der Waals surface area (Å²) in [6.07, 6.45) is 0.925. The molecule has 1 heterocycles. The number of nitrogens with one attached hydrogen (secondary N) is 1. The van der Waals surface area contributed by atoms with Crippen molar-refractivity contribution in [3.05, 3.63) is 34.8 Å². The summed E-state index contributed by atoms with van der Waals surface area (Å²) in [6.45, 7) is 8.96. The first kappa shape index (κ1) is 12.8. The second kappa shape index (κ2) is 4.92. The highest BCUT2D eigenvalue weighted by atomic mass is 19.1. The Morgan fingerprint density at radius 2 is 1.94 bits per heavy atom. The third-order valence-corrected chi connectivity index (χ3v) is 3.26. The molecule has 2 nitrogen and oxygen atoms in total. The summed E-state index contributed by atoms with van der Waals surface area (Å²) in [7, 11) is 0. The molecule has 0 saturated carbocycles. The van der Waals surface area contributed by atoms with Crippen LogP contribution in [0.4, 0.5) is 10.1 Å². The molecular formula is C15H19FN2. The highest BCUT2D eigenvalue weighted by molar-refractivity contribution is 5.96. The summed E-state index contributed by atoms with van der Waals surface area (Å²) < 4.78 is 13.5. The number of halogens is 1. The normalized spacial score (nSPS) is 10.9. The molecule has 0 saturated heterocycles. The molecule has 0 unspecified atom stereocenters. The fourth-order valence-corrected chi connectivity index (χ4v) is 2.52. The Kier molecular flexibility index (Phi) is 3.50. The Labute approximate surface area is 107 Å². The number of benzene rings is 1. The van der Waals surface area contributed by atoms with Gasteiger partial charge in [0.05, 0.1) is 5.52 Å². The van der Waals surface area contributed by atoms with Gasteiger partial charge in [0, 0.05) is 29.4 Å². The van der Waals surface area contributed by atoms with Crippen LogP contribution in [0.15, 0.2) is 12.1 Å². The molecule has 2 rings (SSSR count). The Morgan fingerprint density at radius 1 is 1.22 bits per heavy atom. The van der Waals surface area contributed by atoms with Crippen LogP contribution in [0.2, 0.25) is 0 Å². The van der Waals surface area contributed by atoms with Crippen LogP contribution >= 0.6 is 0 Å². The van der Waals surface area contributed by atoms with Gasteiger partial charge in [0.15, 0.2) is 0 Å². The van der Waals surface area contributed by atoms with E-state index in [2.05, 4.69) is 24.1 Å². The van der Waals surface area contributed by atoms with Gasteiger partial charge in [-0.2, -0.15) is 0 Å². The lowest BCUT2D eigenvalue weighted by molar-refractivity contribution is 0.628. The molecule has 2 aromatic rings. The van der Waals surface area contributed by atoms with Crippen LogP contribution in [0, 0.1) is 19.7 Å². The van der Waals surface area contributed by atoms with Gasteiger partial charge in [-0.25, -0.2) is 4.39 Å². The van der Waals surface area contributed by atoms with E-state index in [0.29, 0.717) is 0 Å². The number of aromatic nitrogens is 1. The first-order chi connectivity index (χ1) is 8.58. The number of hydrogen-bond acceptors (Lipinski definition) is 2. The summed E-state index contributed by atoms with van der Waals surface area (Å²) in [5.74, 6) is -0.224. The van der Waals surface area contributed by atoms with Gasteiger partial charge >= 0.3 is 0 Å². The van der Waals surface area contributed by atoms with Gasteiger partial charge in [0.25, 0.3) is 0 Å². The van der Waals surface area contributed by atoms with Crippen molar-refractivity contribution in [2.45, 2.75) is 34.1 Å². The maximum Gasteiger partial charge on any atom is 0.125 e. The van der Waals surface area contributed by atoms with Crippen molar-refractivity contribution in [3.8, 4) is 0 Å². The van der Waals surface area contributed by atoms with E-state index in [0.717, 1.165) is 40.8 Å². The minimum absolute atomic E-state index is 0.224. The van der Waals surface area contributed by atoms with Crippen molar-refractivity contribution < 1.29 is 4.39 Å². The van der Waals surface area contributed by atoms with Crippen LogP contribution in [0.5, 0.6) is 0 Å². The number of anilines is 1. The van der Waals surface area contributed by atoms with E-state index in [1.54, 1.807) is 6.07 Å². The second-order valence-electron chi connectivity index (χ2n) is 4.55. The van der Waals surface area contributed by atoms with Crippen molar-refractivity contribution in [2.75, 3.05) is 11.9 Å². The molecule has 3 heteroatoms. The lowest BCUT2D eigenvalue weighted by atomic mass is 10.0. The molecule has 96 valence electrons. The molecular weight excluding hydrogens is 227 g/mol. The maximum atomic E-state index is 13.5. The van der Waals surface area contributed by atoms with E-state index in [1.165, 1.54) is 11.6 Å². The Bertz CT molecular complexity index is 591. The molecule has 0 amide bonds. The fraction of sp³-hybridized carbons (Fsp3) is 0.400. The SMILES string of the molecule is CCNc1c(CC)c(C)nc2cc(F)cc(C)c12. The Hall–Kier alpha value is -1.64. The van der Waals surface area contributed by atoms with E-state index in [4.69, 9.17) is 0 Å². The largest absolute Gasteiger partial charge is 0.384 e. The quantitative estimate of drug-likeness (QED) is 0.886. The average Bonchev–Trinajstić information content (AvgIpc) is 2.28. The molecule has 0 aliphatic carbocycles. The van der Waals surface area contributed by atoms with Gasteiger partial charge in [-0.3, -0.25) is 4.98 Å². The Morgan fingerprint density at radius 3 is 2.56 bits per heavy atom. The number of fused-ring (bicyclic) bond motifs is 1. The van der Waals surface area contributed by atoms with Gasteiger partial charge < -0.3 is 5.32 Å². The van der Waals surface area contributed by atoms with Crippen LogP contribution in [0.3, 0.4) is 0 Å². The van der Waals surface area contributed by atoms with E-state index in [1.807, 2.05) is 13.8 Å². The number of aryl methyl sites for hydroxylation is 2. The highest BCUT2D eigenvalue weighted by Crippen LogP contribution is 2.31. The van der Waals surface area contributed by atoms with Crippen LogP contribution in [-0.2, 0) is 6.42 Å². The smallest absolute Gasteiger partial charge is 0.125 e. The minimum Gasteiger partial charge on any atom is -0.384 e. The zero-order valence-corrected chi connectivity index (χ0v) is 11.4.